The Bertz CT molecular complexity index is 658. The molecule has 0 spiro atoms. The third-order valence-corrected chi connectivity index (χ3v) is 5.11. The minimum Gasteiger partial charge on any atom is -0.332 e. The van der Waals surface area contributed by atoms with E-state index in [9.17, 15) is 4.79 Å². The Morgan fingerprint density at radius 3 is 2.87 bits per heavy atom. The first kappa shape index (κ1) is 16.1. The predicted molar refractivity (Wildman–Crippen MR) is 89.1 cm³/mol. The van der Waals surface area contributed by atoms with Crippen molar-refractivity contribution in [3.8, 4) is 0 Å². The van der Waals surface area contributed by atoms with E-state index < -0.39 is 0 Å². The molecule has 2 aromatic rings. The molecule has 0 aliphatic carbocycles. The zero-order valence-corrected chi connectivity index (χ0v) is 14.7. The quantitative estimate of drug-likeness (QED) is 0.866. The van der Waals surface area contributed by atoms with Gasteiger partial charge in [-0.15, -0.1) is 11.3 Å². The van der Waals surface area contributed by atoms with Crippen LogP contribution in [0, 0.1) is 0 Å². The van der Waals surface area contributed by atoms with Crippen LogP contribution in [0.15, 0.2) is 18.0 Å². The molecule has 3 heterocycles. The van der Waals surface area contributed by atoms with Gasteiger partial charge < -0.3 is 4.90 Å². The number of thiazole rings is 1. The van der Waals surface area contributed by atoms with E-state index in [1.54, 1.807) is 22.3 Å². The number of carbonyl (C=O) groups excluding carboxylic acids is 1. The highest BCUT2D eigenvalue weighted by atomic mass is 32.1. The molecule has 1 atom stereocenters. The first-order chi connectivity index (χ1) is 10.9. The number of nitrogens with zero attached hydrogens (tertiary/aromatic N) is 5. The van der Waals surface area contributed by atoms with Crippen molar-refractivity contribution in [3.05, 3.63) is 28.7 Å². The Hall–Kier alpha value is -1.76. The first-order valence-corrected chi connectivity index (χ1v) is 8.91. The minimum absolute atomic E-state index is 0.0407. The van der Waals surface area contributed by atoms with Crippen molar-refractivity contribution in [2.24, 2.45) is 0 Å². The molecule has 1 saturated heterocycles. The number of carbonyl (C=O) groups is 1. The average Bonchev–Trinajstić information content (AvgIpc) is 3.18. The van der Waals surface area contributed by atoms with Crippen molar-refractivity contribution >= 4 is 17.2 Å². The second-order valence-corrected chi connectivity index (χ2v) is 7.90. The topological polar surface area (TPSA) is 63.9 Å². The van der Waals surface area contributed by atoms with Gasteiger partial charge in [-0.25, -0.2) is 14.6 Å². The van der Waals surface area contributed by atoms with E-state index in [0.29, 0.717) is 0 Å². The van der Waals surface area contributed by atoms with E-state index in [1.165, 1.54) is 6.33 Å². The van der Waals surface area contributed by atoms with Crippen LogP contribution in [0.3, 0.4) is 0 Å². The zero-order chi connectivity index (χ0) is 16.4. The lowest BCUT2D eigenvalue weighted by Gasteiger charge is -2.34. The summed E-state index contributed by atoms with van der Waals surface area (Å²) in [4.78, 5) is 23.4. The molecular weight excluding hydrogens is 310 g/mol. The van der Waals surface area contributed by atoms with Crippen molar-refractivity contribution in [3.63, 3.8) is 0 Å². The molecule has 1 fully saturated rings. The molecule has 0 saturated carbocycles. The van der Waals surface area contributed by atoms with Crippen molar-refractivity contribution in [2.75, 3.05) is 6.54 Å². The first-order valence-electron chi connectivity index (χ1n) is 8.03. The van der Waals surface area contributed by atoms with E-state index in [2.05, 4.69) is 36.2 Å². The molecule has 0 N–H and O–H groups in total. The van der Waals surface area contributed by atoms with Gasteiger partial charge in [-0.05, 0) is 19.3 Å². The van der Waals surface area contributed by atoms with Gasteiger partial charge in [-0.2, -0.15) is 5.10 Å². The molecule has 124 valence electrons. The Kier molecular flexibility index (Phi) is 4.48. The minimum atomic E-state index is 0.0407. The second-order valence-electron chi connectivity index (χ2n) is 7.01. The third-order valence-electron chi connectivity index (χ3n) is 4.16. The summed E-state index contributed by atoms with van der Waals surface area (Å²) in [6.07, 6.45) is 6.22. The van der Waals surface area contributed by atoms with Crippen LogP contribution in [-0.2, 0) is 16.8 Å². The summed E-state index contributed by atoms with van der Waals surface area (Å²) in [5.74, 6) is 0.0905. The highest BCUT2D eigenvalue weighted by Gasteiger charge is 2.31. The van der Waals surface area contributed by atoms with Crippen LogP contribution < -0.4 is 0 Å². The maximum absolute atomic E-state index is 12.7. The lowest BCUT2D eigenvalue weighted by molar-refractivity contribution is -0.136. The van der Waals surface area contributed by atoms with Crippen LogP contribution in [0.1, 0.15) is 56.8 Å². The summed E-state index contributed by atoms with van der Waals surface area (Å²) in [6.45, 7) is 7.54. The lowest BCUT2D eigenvalue weighted by Crippen LogP contribution is -2.40. The summed E-state index contributed by atoms with van der Waals surface area (Å²) in [5.41, 5.74) is 1.14. The number of likely N-dealkylation sites (tertiary alicyclic amines) is 1. The molecule has 1 aliphatic heterocycles. The number of hydrogen-bond donors (Lipinski definition) is 0. The van der Waals surface area contributed by atoms with Crippen molar-refractivity contribution in [2.45, 2.75) is 58.0 Å². The van der Waals surface area contributed by atoms with Crippen LogP contribution in [0.2, 0.25) is 0 Å². The van der Waals surface area contributed by atoms with Gasteiger partial charge in [0.15, 0.2) is 0 Å². The maximum Gasteiger partial charge on any atom is 0.244 e. The molecule has 7 heteroatoms. The van der Waals surface area contributed by atoms with Crippen molar-refractivity contribution < 1.29 is 4.79 Å². The van der Waals surface area contributed by atoms with Gasteiger partial charge in [0, 0.05) is 17.3 Å². The summed E-state index contributed by atoms with van der Waals surface area (Å²) >= 11 is 1.67. The molecule has 0 bridgehead atoms. The predicted octanol–water partition coefficient (Wildman–Crippen LogP) is 2.79. The Morgan fingerprint density at radius 2 is 2.22 bits per heavy atom. The molecule has 3 rings (SSSR count). The SMILES string of the molecule is CC(C)(C)c1csc([C@H]2CCCCN2C(=O)Cn2cncn2)n1. The van der Waals surface area contributed by atoms with Gasteiger partial charge >= 0.3 is 0 Å². The van der Waals surface area contributed by atoms with Crippen LogP contribution >= 0.6 is 11.3 Å². The number of hydrogen-bond acceptors (Lipinski definition) is 5. The van der Waals surface area contributed by atoms with Gasteiger partial charge in [0.1, 0.15) is 24.2 Å². The Balaban J connectivity index is 1.78. The number of piperidine rings is 1. The fourth-order valence-corrected chi connectivity index (χ4v) is 4.01. The highest BCUT2D eigenvalue weighted by molar-refractivity contribution is 7.09. The second kappa shape index (κ2) is 6.39. The summed E-state index contributed by atoms with van der Waals surface area (Å²) in [7, 11) is 0. The fraction of sp³-hybridized carbons (Fsp3) is 0.625. The normalized spacial score (nSPS) is 19.1. The number of amides is 1. The van der Waals surface area contributed by atoms with E-state index in [-0.39, 0.29) is 23.9 Å². The molecule has 1 aliphatic rings. The number of rotatable bonds is 3. The Labute approximate surface area is 140 Å². The monoisotopic (exact) mass is 333 g/mol. The average molecular weight is 333 g/mol. The van der Waals surface area contributed by atoms with Gasteiger partial charge in [0.05, 0.1) is 11.7 Å². The summed E-state index contributed by atoms with van der Waals surface area (Å²) in [5, 5.41) is 7.22. The molecule has 0 radical (unpaired) electrons. The molecular formula is C16H23N5OS. The van der Waals surface area contributed by atoms with Gasteiger partial charge in [-0.3, -0.25) is 4.79 Å². The summed E-state index contributed by atoms with van der Waals surface area (Å²) in [6, 6.07) is 0.0980. The molecule has 0 unspecified atom stereocenters. The van der Waals surface area contributed by atoms with Crippen LogP contribution in [-0.4, -0.2) is 37.1 Å². The van der Waals surface area contributed by atoms with Crippen molar-refractivity contribution in [1.82, 2.24) is 24.6 Å². The van der Waals surface area contributed by atoms with Gasteiger partial charge in [-0.1, -0.05) is 20.8 Å². The molecule has 1 amide bonds. The smallest absolute Gasteiger partial charge is 0.244 e. The largest absolute Gasteiger partial charge is 0.332 e. The molecule has 2 aromatic heterocycles. The van der Waals surface area contributed by atoms with Crippen LogP contribution in [0.4, 0.5) is 0 Å². The number of aromatic nitrogens is 4. The van der Waals surface area contributed by atoms with E-state index in [1.807, 2.05) is 4.90 Å². The van der Waals surface area contributed by atoms with Crippen LogP contribution in [0.5, 0.6) is 0 Å². The molecule has 23 heavy (non-hydrogen) atoms. The summed E-state index contributed by atoms with van der Waals surface area (Å²) < 4.78 is 1.58. The van der Waals surface area contributed by atoms with Gasteiger partial charge in [0.25, 0.3) is 0 Å². The van der Waals surface area contributed by atoms with Crippen molar-refractivity contribution in [1.29, 1.82) is 0 Å². The highest BCUT2D eigenvalue weighted by Crippen LogP contribution is 2.35. The zero-order valence-electron chi connectivity index (χ0n) is 13.9. The molecule has 0 aromatic carbocycles. The van der Waals surface area contributed by atoms with Crippen LogP contribution in [0.25, 0.3) is 0 Å². The maximum atomic E-state index is 12.7. The van der Waals surface area contributed by atoms with Gasteiger partial charge in [0.2, 0.25) is 5.91 Å². The third kappa shape index (κ3) is 3.60. The van der Waals surface area contributed by atoms with E-state index in [4.69, 9.17) is 4.98 Å². The molecule has 6 nitrogen and oxygen atoms in total. The van der Waals surface area contributed by atoms with E-state index >= 15 is 0 Å². The van der Waals surface area contributed by atoms with E-state index in [0.717, 1.165) is 36.5 Å². The Morgan fingerprint density at radius 1 is 1.39 bits per heavy atom. The fourth-order valence-electron chi connectivity index (χ4n) is 2.82. The lowest BCUT2D eigenvalue weighted by atomic mass is 9.93. The standard InChI is InChI=1S/C16H23N5OS/c1-16(2,3)13-9-23-15(19-13)12-6-4-5-7-21(12)14(22)8-20-11-17-10-18-20/h9-12H,4-8H2,1-3H3/t12-/m1/s1.